The number of carbonyl (C=O) groups is 1. The number of hydrogen-bond donors (Lipinski definition) is 0. The van der Waals surface area contributed by atoms with Gasteiger partial charge in [0, 0.05) is 77.1 Å². The number of aromatic nitrogens is 2. The van der Waals surface area contributed by atoms with Gasteiger partial charge in [0.2, 0.25) is 5.95 Å². The minimum atomic E-state index is -0.328. The van der Waals surface area contributed by atoms with Crippen LogP contribution < -0.4 is 4.90 Å². The minimum Gasteiger partial charge on any atom is -0.441 e. The Labute approximate surface area is 173 Å². The van der Waals surface area contributed by atoms with E-state index in [2.05, 4.69) is 38.5 Å². The van der Waals surface area contributed by atoms with Gasteiger partial charge in [-0.2, -0.15) is 0 Å². The smallest absolute Gasteiger partial charge is 0.410 e. The molecular formula is C21H34N6O2. The van der Waals surface area contributed by atoms with Crippen molar-refractivity contribution in [2.45, 2.75) is 44.8 Å². The van der Waals surface area contributed by atoms with Gasteiger partial charge in [-0.05, 0) is 32.9 Å². The van der Waals surface area contributed by atoms with Crippen LogP contribution in [0.2, 0.25) is 0 Å². The maximum absolute atomic E-state index is 12.4. The van der Waals surface area contributed by atoms with E-state index < -0.39 is 0 Å². The second kappa shape index (κ2) is 8.83. The van der Waals surface area contributed by atoms with Gasteiger partial charge in [-0.1, -0.05) is 0 Å². The van der Waals surface area contributed by atoms with Crippen molar-refractivity contribution in [1.82, 2.24) is 24.7 Å². The molecule has 0 aromatic carbocycles. The monoisotopic (exact) mass is 402 g/mol. The van der Waals surface area contributed by atoms with Gasteiger partial charge in [-0.15, -0.1) is 0 Å². The lowest BCUT2D eigenvalue weighted by atomic mass is 9.91. The Hall–Kier alpha value is -1.93. The zero-order valence-electron chi connectivity index (χ0n) is 17.8. The summed E-state index contributed by atoms with van der Waals surface area (Å²) in [7, 11) is 0. The number of piperazine rings is 1. The highest BCUT2D eigenvalue weighted by Crippen LogP contribution is 2.34. The van der Waals surface area contributed by atoms with E-state index in [-0.39, 0.29) is 11.7 Å². The van der Waals surface area contributed by atoms with E-state index in [1.807, 2.05) is 11.0 Å². The summed E-state index contributed by atoms with van der Waals surface area (Å²) in [4.78, 5) is 30.3. The molecule has 3 aliphatic heterocycles. The van der Waals surface area contributed by atoms with Crippen LogP contribution in [0.5, 0.6) is 0 Å². The Morgan fingerprint density at radius 1 is 1.03 bits per heavy atom. The average molecular weight is 403 g/mol. The maximum atomic E-state index is 12.4. The molecule has 3 fully saturated rings. The van der Waals surface area contributed by atoms with Crippen LogP contribution in [-0.2, 0) is 4.74 Å². The van der Waals surface area contributed by atoms with Gasteiger partial charge in [-0.25, -0.2) is 14.8 Å². The molecule has 1 aromatic heterocycles. The molecule has 3 aliphatic rings. The molecule has 0 aliphatic carbocycles. The van der Waals surface area contributed by atoms with Crippen molar-refractivity contribution in [3.05, 3.63) is 18.5 Å². The summed E-state index contributed by atoms with van der Waals surface area (Å²) in [5.41, 5.74) is -0.328. The highest BCUT2D eigenvalue weighted by molar-refractivity contribution is 5.70. The number of hydrogen-bond acceptors (Lipinski definition) is 7. The zero-order valence-corrected chi connectivity index (χ0v) is 17.8. The van der Waals surface area contributed by atoms with Crippen molar-refractivity contribution in [3.8, 4) is 0 Å². The van der Waals surface area contributed by atoms with E-state index >= 15 is 0 Å². The van der Waals surface area contributed by atoms with Crippen molar-refractivity contribution < 1.29 is 9.53 Å². The van der Waals surface area contributed by atoms with E-state index in [0.717, 1.165) is 84.1 Å². The lowest BCUT2D eigenvalue weighted by Gasteiger charge is -2.37. The third-order valence-electron chi connectivity index (χ3n) is 6.59. The van der Waals surface area contributed by atoms with Crippen molar-refractivity contribution in [2.24, 2.45) is 0 Å². The van der Waals surface area contributed by atoms with Gasteiger partial charge in [0.1, 0.15) is 5.60 Å². The average Bonchev–Trinajstić information content (AvgIpc) is 3.04. The highest BCUT2D eigenvalue weighted by atomic mass is 16.6. The van der Waals surface area contributed by atoms with E-state index in [9.17, 15) is 4.79 Å². The molecule has 0 saturated carbocycles. The zero-order chi connectivity index (χ0) is 20.3. The minimum absolute atomic E-state index is 0.140. The molecule has 8 heteroatoms. The van der Waals surface area contributed by atoms with Crippen LogP contribution in [0.15, 0.2) is 18.5 Å². The van der Waals surface area contributed by atoms with Crippen molar-refractivity contribution in [3.63, 3.8) is 0 Å². The summed E-state index contributed by atoms with van der Waals surface area (Å²) in [5, 5.41) is 0. The Morgan fingerprint density at radius 2 is 1.72 bits per heavy atom. The van der Waals surface area contributed by atoms with Gasteiger partial charge in [-0.3, -0.25) is 4.90 Å². The summed E-state index contributed by atoms with van der Waals surface area (Å²) in [6.45, 7) is 13.3. The molecule has 1 spiro atoms. The lowest BCUT2D eigenvalue weighted by molar-refractivity contribution is 0.0364. The van der Waals surface area contributed by atoms with Crippen LogP contribution >= 0.6 is 0 Å². The van der Waals surface area contributed by atoms with Crippen LogP contribution in [0.25, 0.3) is 0 Å². The molecule has 1 amide bonds. The second-order valence-electron chi connectivity index (χ2n) is 8.83. The fourth-order valence-electron chi connectivity index (χ4n) is 4.68. The fourth-order valence-corrected chi connectivity index (χ4v) is 4.68. The second-order valence-corrected chi connectivity index (χ2v) is 8.83. The van der Waals surface area contributed by atoms with Crippen LogP contribution in [0.1, 0.15) is 33.1 Å². The predicted octanol–water partition coefficient (Wildman–Crippen LogP) is 1.68. The topological polar surface area (TPSA) is 65.0 Å². The molecule has 0 radical (unpaired) electrons. The van der Waals surface area contributed by atoms with Crippen LogP contribution in [0, 0.1) is 0 Å². The first-order valence-corrected chi connectivity index (χ1v) is 11.0. The summed E-state index contributed by atoms with van der Waals surface area (Å²) in [5.74, 6) is 0.765. The molecule has 29 heavy (non-hydrogen) atoms. The summed E-state index contributed by atoms with van der Waals surface area (Å²) in [6, 6.07) is 2.46. The van der Waals surface area contributed by atoms with E-state index in [0.29, 0.717) is 6.04 Å². The summed E-state index contributed by atoms with van der Waals surface area (Å²) >= 11 is 0. The van der Waals surface area contributed by atoms with E-state index in [1.165, 1.54) is 0 Å². The molecule has 3 saturated heterocycles. The van der Waals surface area contributed by atoms with Gasteiger partial charge < -0.3 is 19.4 Å². The van der Waals surface area contributed by atoms with E-state index in [4.69, 9.17) is 4.74 Å². The SMILES string of the molecule is CC(C)N1CCN(CCCN2CC3(CCN(c4ncccn4)CC3)OC2=O)CC1. The van der Waals surface area contributed by atoms with E-state index in [1.54, 1.807) is 12.4 Å². The molecule has 0 bridgehead atoms. The molecule has 4 rings (SSSR count). The van der Waals surface area contributed by atoms with Crippen molar-refractivity contribution in [2.75, 3.05) is 63.8 Å². The molecule has 0 N–H and O–H groups in total. The number of amides is 1. The predicted molar refractivity (Wildman–Crippen MR) is 112 cm³/mol. The number of ether oxygens (including phenoxy) is 1. The Morgan fingerprint density at radius 3 is 2.38 bits per heavy atom. The normalized spacial score (nSPS) is 23.2. The Kier molecular flexibility index (Phi) is 6.20. The van der Waals surface area contributed by atoms with Gasteiger partial charge >= 0.3 is 6.09 Å². The number of anilines is 1. The quantitative estimate of drug-likeness (QED) is 0.717. The first-order chi connectivity index (χ1) is 14.0. The number of carbonyl (C=O) groups excluding carboxylic acids is 1. The fraction of sp³-hybridized carbons (Fsp3) is 0.762. The largest absolute Gasteiger partial charge is 0.441 e. The first kappa shape index (κ1) is 20.3. The molecule has 0 atom stereocenters. The molecule has 4 heterocycles. The van der Waals surface area contributed by atoms with Crippen LogP contribution in [0.4, 0.5) is 10.7 Å². The van der Waals surface area contributed by atoms with Gasteiger partial charge in [0.25, 0.3) is 0 Å². The van der Waals surface area contributed by atoms with Crippen molar-refractivity contribution >= 4 is 12.0 Å². The third-order valence-corrected chi connectivity index (χ3v) is 6.59. The van der Waals surface area contributed by atoms with Crippen LogP contribution in [-0.4, -0.2) is 101 Å². The molecule has 1 aromatic rings. The number of nitrogens with zero attached hydrogens (tertiary/aromatic N) is 6. The molecule has 160 valence electrons. The standard InChI is InChI=1S/C21H34N6O2/c1-18(2)25-15-13-24(14-16-25)9-4-10-27-17-21(29-20(27)28)5-11-26(12-6-21)19-22-7-3-8-23-19/h3,7-8,18H,4-6,9-17H2,1-2H3. The van der Waals surface area contributed by atoms with Gasteiger partial charge in [0.15, 0.2) is 0 Å². The third kappa shape index (κ3) is 4.80. The number of piperidine rings is 1. The Balaban J connectivity index is 1.20. The maximum Gasteiger partial charge on any atom is 0.410 e. The summed E-state index contributed by atoms with van der Waals surface area (Å²) in [6.07, 6.45) is 6.09. The van der Waals surface area contributed by atoms with Crippen LogP contribution in [0.3, 0.4) is 0 Å². The van der Waals surface area contributed by atoms with Crippen molar-refractivity contribution in [1.29, 1.82) is 0 Å². The van der Waals surface area contributed by atoms with Gasteiger partial charge in [0.05, 0.1) is 6.54 Å². The number of rotatable bonds is 6. The highest BCUT2D eigenvalue weighted by Gasteiger charge is 2.47. The molecule has 8 nitrogen and oxygen atoms in total. The summed E-state index contributed by atoms with van der Waals surface area (Å²) < 4.78 is 5.87. The molecule has 0 unspecified atom stereocenters. The molecular weight excluding hydrogens is 368 g/mol. The Bertz CT molecular complexity index is 669. The first-order valence-electron chi connectivity index (χ1n) is 11.0. The lowest BCUT2D eigenvalue weighted by Crippen LogP contribution is -2.49.